The number of carbonyl (C=O) groups is 3. The van der Waals surface area contributed by atoms with Crippen molar-refractivity contribution < 1.29 is 33.7 Å². The lowest BCUT2D eigenvalue weighted by molar-refractivity contribution is -0.210. The predicted octanol–water partition coefficient (Wildman–Crippen LogP) is 4.70. The van der Waals surface area contributed by atoms with Gasteiger partial charge in [0.1, 0.15) is 0 Å². The third kappa shape index (κ3) is 3.97. The van der Waals surface area contributed by atoms with Crippen molar-refractivity contribution >= 4 is 17.5 Å². The van der Waals surface area contributed by atoms with Crippen LogP contribution in [0.25, 0.3) is 0 Å². The zero-order chi connectivity index (χ0) is 27.7. The van der Waals surface area contributed by atoms with E-state index in [2.05, 4.69) is 13.8 Å². The van der Waals surface area contributed by atoms with Gasteiger partial charge in [0.05, 0.1) is 18.1 Å². The molecule has 0 spiro atoms. The van der Waals surface area contributed by atoms with Crippen LogP contribution in [0.2, 0.25) is 0 Å². The molecule has 9 atom stereocenters. The molecular formula is C32H44O7. The molecule has 0 aromatic heterocycles. The van der Waals surface area contributed by atoms with Gasteiger partial charge in [0, 0.05) is 22.7 Å². The molecule has 0 bridgehead atoms. The lowest BCUT2D eigenvalue weighted by Crippen LogP contribution is -2.63. The molecule has 6 rings (SSSR count). The molecule has 5 aliphatic carbocycles. The fourth-order valence-corrected chi connectivity index (χ4v) is 9.62. The van der Waals surface area contributed by atoms with Crippen molar-refractivity contribution in [2.24, 2.45) is 40.4 Å². The van der Waals surface area contributed by atoms with Gasteiger partial charge in [-0.2, -0.15) is 0 Å². The molecule has 7 nitrogen and oxygen atoms in total. The highest BCUT2D eigenvalue weighted by atomic mass is 16.7. The number of aliphatic hydroxyl groups is 1. The fraction of sp³-hybridized carbons (Fsp3) is 0.781. The highest BCUT2D eigenvalue weighted by Crippen LogP contribution is 2.70. The van der Waals surface area contributed by atoms with Gasteiger partial charge in [0.15, 0.2) is 24.3 Å². The van der Waals surface area contributed by atoms with Crippen LogP contribution in [0.4, 0.5) is 0 Å². The number of Topliss-reactive ketones (excluding diaryl/α,β-unsaturated/α-hetero) is 1. The van der Waals surface area contributed by atoms with Gasteiger partial charge in [-0.25, -0.2) is 0 Å². The molecule has 214 valence electrons. The summed E-state index contributed by atoms with van der Waals surface area (Å²) in [4.78, 5) is 38.7. The minimum Gasteiger partial charge on any atom is -0.457 e. The summed E-state index contributed by atoms with van der Waals surface area (Å²) in [7, 11) is 0. The van der Waals surface area contributed by atoms with E-state index in [0.29, 0.717) is 12.8 Å². The highest BCUT2D eigenvalue weighted by Gasteiger charge is 2.76. The Morgan fingerprint density at radius 1 is 1.15 bits per heavy atom. The smallest absolute Gasteiger partial charge is 0.308 e. The topological polar surface area (TPSA) is 99.1 Å². The number of esters is 1. The number of allylic oxidation sites excluding steroid dienone is 4. The van der Waals surface area contributed by atoms with E-state index in [0.717, 1.165) is 44.1 Å². The molecule has 0 amide bonds. The number of ketones is 2. The summed E-state index contributed by atoms with van der Waals surface area (Å²) in [6, 6.07) is 0. The van der Waals surface area contributed by atoms with E-state index < -0.39 is 35.5 Å². The summed E-state index contributed by atoms with van der Waals surface area (Å²) >= 11 is 0. The average molecular weight is 541 g/mol. The SMILES string of the molecule is CC(C)C(=O)OCC(=O)C12O[C@H](C3CCCCC3)O[C@@H]1C[C@H]1[C@@H]3CCC4=CC(=O)C=C[C@]4(C)[C@H]3[C@@H](O)C[C@@]12C. The molecule has 0 aromatic carbocycles. The van der Waals surface area contributed by atoms with Gasteiger partial charge in [-0.1, -0.05) is 58.6 Å². The van der Waals surface area contributed by atoms with E-state index in [9.17, 15) is 19.5 Å². The molecule has 7 heteroatoms. The molecule has 6 aliphatic rings. The van der Waals surface area contributed by atoms with Gasteiger partial charge in [0.25, 0.3) is 0 Å². The van der Waals surface area contributed by atoms with E-state index in [1.807, 2.05) is 6.08 Å². The van der Waals surface area contributed by atoms with Crippen LogP contribution in [0, 0.1) is 40.4 Å². The largest absolute Gasteiger partial charge is 0.457 e. The predicted molar refractivity (Wildman–Crippen MR) is 143 cm³/mol. The van der Waals surface area contributed by atoms with Crippen molar-refractivity contribution in [1.29, 1.82) is 0 Å². The molecule has 1 aliphatic heterocycles. The minimum atomic E-state index is -1.25. The Morgan fingerprint density at radius 2 is 1.90 bits per heavy atom. The molecule has 39 heavy (non-hydrogen) atoms. The summed E-state index contributed by atoms with van der Waals surface area (Å²) in [6.45, 7) is 7.44. The van der Waals surface area contributed by atoms with E-state index in [1.165, 1.54) is 6.42 Å². The van der Waals surface area contributed by atoms with Crippen molar-refractivity contribution in [3.8, 4) is 0 Å². The summed E-state index contributed by atoms with van der Waals surface area (Å²) in [6.07, 6.45) is 12.2. The third-order valence-electron chi connectivity index (χ3n) is 11.5. The number of rotatable bonds is 5. The molecule has 0 aromatic rings. The van der Waals surface area contributed by atoms with E-state index in [-0.39, 0.29) is 53.2 Å². The molecule has 4 saturated carbocycles. The molecular weight excluding hydrogens is 496 g/mol. The number of carbonyl (C=O) groups excluding carboxylic acids is 3. The second-order valence-corrected chi connectivity index (χ2v) is 13.9. The Kier molecular flexibility index (Phi) is 6.75. The van der Waals surface area contributed by atoms with Gasteiger partial charge in [-0.15, -0.1) is 0 Å². The van der Waals surface area contributed by atoms with Crippen molar-refractivity contribution in [3.63, 3.8) is 0 Å². The summed E-state index contributed by atoms with van der Waals surface area (Å²) in [5.74, 6) is -0.471. The first-order valence-electron chi connectivity index (χ1n) is 15.2. The lowest BCUT2D eigenvalue weighted by Gasteiger charge is -2.59. The first kappa shape index (κ1) is 27.3. The maximum absolute atomic E-state index is 14.2. The molecule has 1 N–H and O–H groups in total. The van der Waals surface area contributed by atoms with Crippen molar-refractivity contribution in [2.45, 2.75) is 110 Å². The van der Waals surface area contributed by atoms with Crippen LogP contribution in [0.1, 0.15) is 85.5 Å². The number of aliphatic hydroxyl groups excluding tert-OH is 1. The quantitative estimate of drug-likeness (QED) is 0.505. The Balaban J connectivity index is 1.35. The second-order valence-electron chi connectivity index (χ2n) is 13.9. The van der Waals surface area contributed by atoms with E-state index in [4.69, 9.17) is 14.2 Å². The van der Waals surface area contributed by atoms with Crippen molar-refractivity contribution in [2.75, 3.05) is 6.61 Å². The molecule has 1 saturated heterocycles. The lowest BCUT2D eigenvalue weighted by atomic mass is 9.46. The van der Waals surface area contributed by atoms with Gasteiger partial charge in [0.2, 0.25) is 5.78 Å². The zero-order valence-corrected chi connectivity index (χ0v) is 23.8. The maximum Gasteiger partial charge on any atom is 0.308 e. The Hall–Kier alpha value is -1.83. The average Bonchev–Trinajstić information content (AvgIpc) is 3.41. The first-order chi connectivity index (χ1) is 18.5. The zero-order valence-electron chi connectivity index (χ0n) is 23.8. The van der Waals surface area contributed by atoms with Crippen LogP contribution < -0.4 is 0 Å². The monoisotopic (exact) mass is 540 g/mol. The number of hydrogen-bond acceptors (Lipinski definition) is 7. The normalized spacial score (nSPS) is 45.3. The van der Waals surface area contributed by atoms with Crippen LogP contribution in [-0.2, 0) is 28.6 Å². The van der Waals surface area contributed by atoms with Gasteiger partial charge in [-0.3, -0.25) is 14.4 Å². The Labute approximate surface area is 231 Å². The van der Waals surface area contributed by atoms with Gasteiger partial charge in [-0.05, 0) is 62.5 Å². The highest BCUT2D eigenvalue weighted by molar-refractivity contribution is 6.01. The van der Waals surface area contributed by atoms with E-state index >= 15 is 0 Å². The molecule has 1 unspecified atom stereocenters. The summed E-state index contributed by atoms with van der Waals surface area (Å²) < 4.78 is 19.0. The van der Waals surface area contributed by atoms with Crippen molar-refractivity contribution in [3.05, 3.63) is 23.8 Å². The standard InChI is InChI=1S/C32H44O7/c1-18(2)28(36)37-17-25(35)32-26(38-29(39-32)19-8-6-5-7-9-19)15-23-22-11-10-20-14-21(33)12-13-30(20,3)27(22)24(34)16-31(23,32)4/h12-14,18-19,22-24,26-27,29,34H,5-11,15-17H2,1-4H3/t22-,23-,24-,26+,27+,29+,30-,31-,32?/m0/s1. The Morgan fingerprint density at radius 3 is 2.62 bits per heavy atom. The first-order valence-corrected chi connectivity index (χ1v) is 15.2. The summed E-state index contributed by atoms with van der Waals surface area (Å²) in [5, 5.41) is 11.9. The second kappa shape index (κ2) is 9.63. The van der Waals surface area contributed by atoms with Gasteiger partial charge < -0.3 is 19.3 Å². The van der Waals surface area contributed by atoms with Crippen LogP contribution in [0.5, 0.6) is 0 Å². The van der Waals surface area contributed by atoms with Crippen LogP contribution in [-0.4, -0.2) is 53.3 Å². The molecule has 0 radical (unpaired) electrons. The van der Waals surface area contributed by atoms with Crippen LogP contribution in [0.15, 0.2) is 23.8 Å². The number of ether oxygens (including phenoxy) is 3. The Bertz CT molecular complexity index is 1100. The van der Waals surface area contributed by atoms with Gasteiger partial charge >= 0.3 is 5.97 Å². The summed E-state index contributed by atoms with van der Waals surface area (Å²) in [5.41, 5.74) is -1.19. The minimum absolute atomic E-state index is 0.0162. The van der Waals surface area contributed by atoms with Crippen LogP contribution >= 0.6 is 0 Å². The number of fused-ring (bicyclic) bond motifs is 7. The van der Waals surface area contributed by atoms with Crippen molar-refractivity contribution in [1.82, 2.24) is 0 Å². The molecule has 5 fully saturated rings. The third-order valence-corrected chi connectivity index (χ3v) is 11.5. The molecule has 1 heterocycles. The van der Waals surface area contributed by atoms with Crippen LogP contribution in [0.3, 0.4) is 0 Å². The number of hydrogen-bond donors (Lipinski definition) is 1. The fourth-order valence-electron chi connectivity index (χ4n) is 9.62. The maximum atomic E-state index is 14.2. The van der Waals surface area contributed by atoms with E-state index in [1.54, 1.807) is 26.0 Å².